The third kappa shape index (κ3) is 7.07. The van der Waals surface area contributed by atoms with E-state index in [9.17, 15) is 26.7 Å². The number of carbonyl (C=O) groups is 1. The van der Waals surface area contributed by atoms with Crippen LogP contribution in [0.25, 0.3) is 0 Å². The van der Waals surface area contributed by atoms with Crippen molar-refractivity contribution in [1.29, 1.82) is 0 Å². The Morgan fingerprint density at radius 1 is 1.16 bits per heavy atom. The molecule has 0 aliphatic carbocycles. The molecule has 1 amide bonds. The van der Waals surface area contributed by atoms with Crippen LogP contribution in [-0.2, 0) is 6.18 Å². The van der Waals surface area contributed by atoms with Crippen molar-refractivity contribution >= 4 is 33.9 Å². The summed E-state index contributed by atoms with van der Waals surface area (Å²) in [6.07, 6.45) is -2.96. The molecule has 0 radical (unpaired) electrons. The molecule has 3 aromatic rings. The number of aryl methyl sites for hydroxylation is 1. The second-order valence-electron chi connectivity index (χ2n) is 8.23. The van der Waals surface area contributed by atoms with E-state index in [1.807, 2.05) is 0 Å². The normalized spacial score (nSPS) is 15.1. The van der Waals surface area contributed by atoms with Crippen LogP contribution in [-0.4, -0.2) is 62.3 Å². The first-order valence-corrected chi connectivity index (χ1v) is 11.9. The molecule has 1 aliphatic heterocycles. The fourth-order valence-corrected chi connectivity index (χ4v) is 4.47. The van der Waals surface area contributed by atoms with E-state index in [4.69, 9.17) is 4.74 Å². The number of alkyl halides is 5. The summed E-state index contributed by atoms with van der Waals surface area (Å²) in [4.78, 5) is 25.9. The lowest BCUT2D eigenvalue weighted by Crippen LogP contribution is -2.40. The van der Waals surface area contributed by atoms with Crippen molar-refractivity contribution in [2.24, 2.45) is 0 Å². The maximum Gasteiger partial charge on any atom is 0.434 e. The van der Waals surface area contributed by atoms with Gasteiger partial charge in [0.25, 0.3) is 12.3 Å². The zero-order valence-corrected chi connectivity index (χ0v) is 20.2. The molecule has 198 valence electrons. The van der Waals surface area contributed by atoms with Gasteiger partial charge in [-0.3, -0.25) is 9.69 Å². The summed E-state index contributed by atoms with van der Waals surface area (Å²) in [7, 11) is 0. The van der Waals surface area contributed by atoms with Crippen LogP contribution in [0, 0.1) is 6.92 Å². The van der Waals surface area contributed by atoms with Crippen molar-refractivity contribution in [3.8, 4) is 5.88 Å². The molecule has 1 aliphatic rings. The smallest absolute Gasteiger partial charge is 0.434 e. The number of nitrogens with zero attached hydrogens (tertiary/aromatic N) is 5. The molecule has 15 heteroatoms. The Balaban J connectivity index is 1.34. The van der Waals surface area contributed by atoms with Gasteiger partial charge in [-0.05, 0) is 37.4 Å². The molecule has 0 bridgehead atoms. The van der Waals surface area contributed by atoms with E-state index in [2.05, 4.69) is 30.0 Å². The van der Waals surface area contributed by atoms with Crippen molar-refractivity contribution in [1.82, 2.24) is 24.2 Å². The van der Waals surface area contributed by atoms with Crippen molar-refractivity contribution in [2.45, 2.75) is 38.5 Å². The van der Waals surface area contributed by atoms with E-state index >= 15 is 0 Å². The molecule has 1 fully saturated rings. The molecular weight excluding hydrogens is 521 g/mol. The number of nitrogens with one attached hydrogen (secondary N) is 2. The lowest BCUT2D eigenvalue weighted by atomic mass is 10.1. The molecule has 0 atom stereocenters. The predicted octanol–water partition coefficient (Wildman–Crippen LogP) is 4.76. The zero-order valence-electron chi connectivity index (χ0n) is 19.4. The van der Waals surface area contributed by atoms with Gasteiger partial charge in [-0.1, -0.05) is 0 Å². The number of rotatable bonds is 8. The van der Waals surface area contributed by atoms with Crippen LogP contribution < -0.4 is 15.4 Å². The summed E-state index contributed by atoms with van der Waals surface area (Å²) in [5.74, 6) is -0.133. The Morgan fingerprint density at radius 3 is 2.51 bits per heavy atom. The predicted molar refractivity (Wildman–Crippen MR) is 125 cm³/mol. The second kappa shape index (κ2) is 11.3. The summed E-state index contributed by atoms with van der Waals surface area (Å²) < 4.78 is 73.1. The number of hydrogen-bond acceptors (Lipinski definition) is 9. The van der Waals surface area contributed by atoms with Gasteiger partial charge in [-0.25, -0.2) is 23.7 Å². The fourth-order valence-electron chi connectivity index (χ4n) is 3.67. The highest BCUT2D eigenvalue weighted by atomic mass is 32.1. The average molecular weight is 544 g/mol. The Hall–Kier alpha value is -3.46. The largest absolute Gasteiger partial charge is 0.474 e. The van der Waals surface area contributed by atoms with Gasteiger partial charge in [-0.2, -0.15) is 17.5 Å². The number of piperidine rings is 1. The van der Waals surface area contributed by atoms with Crippen LogP contribution >= 0.6 is 11.5 Å². The van der Waals surface area contributed by atoms with Crippen molar-refractivity contribution in [3.63, 3.8) is 0 Å². The van der Waals surface area contributed by atoms with Crippen LogP contribution in [0.3, 0.4) is 0 Å². The van der Waals surface area contributed by atoms with Gasteiger partial charge < -0.3 is 15.4 Å². The molecule has 0 aromatic carbocycles. The number of anilines is 3. The highest BCUT2D eigenvalue weighted by Gasteiger charge is 2.33. The highest BCUT2D eigenvalue weighted by Crippen LogP contribution is 2.30. The lowest BCUT2D eigenvalue weighted by Gasteiger charge is -2.31. The summed E-state index contributed by atoms with van der Waals surface area (Å²) in [5, 5.41) is 5.77. The minimum Gasteiger partial charge on any atom is -0.474 e. The standard InChI is InChI=1S/C22H22F5N7O2S/c1-12-19(21(37-33-12)32-17-10-28-15(9-29-17)22(25,26)27)20(35)31-13-2-3-18(30-8-13)36-14-4-6-34(7-5-14)11-16(23)24/h2-3,8-10,14,16H,4-7,11H2,1H3,(H,29,32)(H,31,35). The number of ether oxygens (including phenoxy) is 1. The monoisotopic (exact) mass is 543 g/mol. The number of hydrogen-bond donors (Lipinski definition) is 2. The first kappa shape index (κ1) is 26.6. The van der Waals surface area contributed by atoms with E-state index < -0.39 is 24.2 Å². The molecule has 0 saturated carbocycles. The second-order valence-corrected chi connectivity index (χ2v) is 9.00. The van der Waals surface area contributed by atoms with Gasteiger partial charge in [-0.15, -0.1) is 0 Å². The molecule has 0 spiro atoms. The molecule has 3 aromatic heterocycles. The zero-order chi connectivity index (χ0) is 26.6. The van der Waals surface area contributed by atoms with Gasteiger partial charge in [0, 0.05) is 19.2 Å². The van der Waals surface area contributed by atoms with Crippen LogP contribution in [0.5, 0.6) is 5.88 Å². The number of carbonyl (C=O) groups excluding carboxylic acids is 1. The third-order valence-corrected chi connectivity index (χ3v) is 6.34. The maximum atomic E-state index is 12.9. The van der Waals surface area contributed by atoms with Gasteiger partial charge in [0.2, 0.25) is 5.88 Å². The van der Waals surface area contributed by atoms with Crippen molar-refractivity contribution < 1.29 is 31.5 Å². The molecule has 2 N–H and O–H groups in total. The fraction of sp³-hybridized carbons (Fsp3) is 0.409. The summed E-state index contributed by atoms with van der Waals surface area (Å²) in [5.41, 5.74) is -0.137. The van der Waals surface area contributed by atoms with Crippen LogP contribution in [0.2, 0.25) is 0 Å². The topological polar surface area (TPSA) is 105 Å². The quantitative estimate of drug-likeness (QED) is 0.392. The number of aromatic nitrogens is 4. The maximum absolute atomic E-state index is 12.9. The Kier molecular flexibility index (Phi) is 8.12. The number of likely N-dealkylation sites (tertiary alicyclic amines) is 1. The lowest BCUT2D eigenvalue weighted by molar-refractivity contribution is -0.141. The van der Waals surface area contributed by atoms with E-state index in [0.29, 0.717) is 49.4 Å². The minimum atomic E-state index is -4.61. The van der Waals surface area contributed by atoms with Crippen molar-refractivity contribution in [3.05, 3.63) is 47.7 Å². The van der Waals surface area contributed by atoms with E-state index in [1.54, 1.807) is 24.0 Å². The Labute approximate surface area is 212 Å². The van der Waals surface area contributed by atoms with E-state index in [-0.39, 0.29) is 29.0 Å². The third-order valence-electron chi connectivity index (χ3n) is 5.49. The molecule has 0 unspecified atom stereocenters. The number of amides is 1. The van der Waals surface area contributed by atoms with Crippen LogP contribution in [0.1, 0.15) is 34.6 Å². The molecule has 4 heterocycles. The Morgan fingerprint density at radius 2 is 1.92 bits per heavy atom. The molecule has 9 nitrogen and oxygen atoms in total. The molecule has 1 saturated heterocycles. The van der Waals surface area contributed by atoms with E-state index in [0.717, 1.165) is 17.7 Å². The summed E-state index contributed by atoms with van der Waals surface area (Å²) >= 11 is 0.952. The van der Waals surface area contributed by atoms with Gasteiger partial charge >= 0.3 is 6.18 Å². The average Bonchev–Trinajstić information content (AvgIpc) is 3.21. The van der Waals surface area contributed by atoms with E-state index in [1.165, 1.54) is 6.20 Å². The molecular formula is C22H22F5N7O2S. The minimum absolute atomic E-state index is 0.0221. The van der Waals surface area contributed by atoms with Gasteiger partial charge in [0.1, 0.15) is 16.9 Å². The SMILES string of the molecule is Cc1nsc(Nc2cnc(C(F)(F)F)cn2)c1C(=O)Nc1ccc(OC2CCN(CC(F)F)CC2)nc1. The highest BCUT2D eigenvalue weighted by molar-refractivity contribution is 7.10. The Bertz CT molecular complexity index is 1200. The number of pyridine rings is 1. The first-order chi connectivity index (χ1) is 17.6. The summed E-state index contributed by atoms with van der Waals surface area (Å²) in [6.45, 7) is 2.42. The van der Waals surface area contributed by atoms with Gasteiger partial charge in [0.15, 0.2) is 5.69 Å². The molecule has 4 rings (SSSR count). The molecule has 37 heavy (non-hydrogen) atoms. The number of halogens is 5. The van der Waals surface area contributed by atoms with Crippen LogP contribution in [0.15, 0.2) is 30.7 Å². The van der Waals surface area contributed by atoms with Gasteiger partial charge in [0.05, 0.1) is 42.1 Å². The summed E-state index contributed by atoms with van der Waals surface area (Å²) in [6, 6.07) is 3.20. The van der Waals surface area contributed by atoms with Crippen molar-refractivity contribution in [2.75, 3.05) is 30.3 Å². The van der Waals surface area contributed by atoms with Crippen LogP contribution in [0.4, 0.5) is 38.5 Å². The first-order valence-electron chi connectivity index (χ1n) is 11.2.